The number of nitrogens with zero attached hydrogens (tertiary/aromatic N) is 5. The Labute approximate surface area is 557 Å². The topological polar surface area (TPSA) is 19.4 Å². The van der Waals surface area contributed by atoms with Gasteiger partial charge in [0, 0.05) is 88.0 Å². The van der Waals surface area contributed by atoms with Gasteiger partial charge < -0.3 is 0 Å². The van der Waals surface area contributed by atoms with Crippen molar-refractivity contribution in [1.82, 2.24) is 0 Å². The molecule has 0 saturated heterocycles. The zero-order valence-electron chi connectivity index (χ0n) is 60.7. The van der Waals surface area contributed by atoms with E-state index in [-0.39, 0.29) is 0 Å². The van der Waals surface area contributed by atoms with Crippen molar-refractivity contribution in [3.05, 3.63) is 266 Å². The summed E-state index contributed by atoms with van der Waals surface area (Å²) in [7, 11) is 10.5. The molecule has 0 spiro atoms. The maximum atomic E-state index is 2.43. The molecule has 1 fully saturated rings. The van der Waals surface area contributed by atoms with Crippen LogP contribution in [0.25, 0.3) is 56.3 Å². The lowest BCUT2D eigenvalue weighted by Crippen LogP contribution is -2.31. The van der Waals surface area contributed by atoms with E-state index in [1.165, 1.54) is 172 Å². The molecular weight excluding hydrogens is 1110 g/mol. The Kier molecular flexibility index (Phi) is 25.5. The molecule has 11 rings (SSSR count). The van der Waals surface area contributed by atoms with Crippen LogP contribution in [0.3, 0.4) is 0 Å². The molecule has 5 nitrogen and oxygen atoms in total. The summed E-state index contributed by atoms with van der Waals surface area (Å²) in [6, 6.07) is 53.3. The molecule has 1 aliphatic carbocycles. The van der Waals surface area contributed by atoms with Gasteiger partial charge in [-0.05, 0) is 265 Å². The molecule has 0 unspecified atom stereocenters. The number of benzene rings is 5. The fourth-order valence-corrected chi connectivity index (χ4v) is 13.3. The normalized spacial score (nSPS) is 12.0. The van der Waals surface area contributed by atoms with Crippen LogP contribution in [0.1, 0.15) is 168 Å². The lowest BCUT2D eigenvalue weighted by atomic mass is 9.83. The van der Waals surface area contributed by atoms with Gasteiger partial charge in [0.15, 0.2) is 31.0 Å². The van der Waals surface area contributed by atoms with Crippen LogP contribution in [-0.4, -0.2) is 0 Å². The number of hydrogen-bond donors (Lipinski definition) is 0. The summed E-state index contributed by atoms with van der Waals surface area (Å²) in [4.78, 5) is 0. The summed E-state index contributed by atoms with van der Waals surface area (Å²) in [6.45, 7) is 37.7. The van der Waals surface area contributed by atoms with Gasteiger partial charge in [0.2, 0.25) is 28.5 Å². The van der Waals surface area contributed by atoms with Crippen molar-refractivity contribution in [3.8, 4) is 56.3 Å². The van der Waals surface area contributed by atoms with E-state index >= 15 is 0 Å². The molecule has 0 atom stereocenters. The van der Waals surface area contributed by atoms with E-state index in [0.29, 0.717) is 11.8 Å². The van der Waals surface area contributed by atoms with Crippen molar-refractivity contribution >= 4 is 0 Å². The maximum Gasteiger partial charge on any atom is 0.212 e. The van der Waals surface area contributed by atoms with Crippen LogP contribution in [-0.2, 0) is 48.1 Å². The third-order valence-electron chi connectivity index (χ3n) is 19.1. The van der Waals surface area contributed by atoms with Gasteiger partial charge in [-0.25, -0.2) is 22.8 Å². The Morgan fingerprint density at radius 3 is 1.16 bits per heavy atom. The highest BCUT2D eigenvalue weighted by Crippen LogP contribution is 2.36. The van der Waals surface area contributed by atoms with Gasteiger partial charge in [0.25, 0.3) is 0 Å². The van der Waals surface area contributed by atoms with Crippen LogP contribution in [0.2, 0.25) is 0 Å². The molecule has 1 aliphatic rings. The molecular formula is C87H112N5+5. The average molecular weight is 1230 g/mol. The molecule has 0 N–H and O–H groups in total. The van der Waals surface area contributed by atoms with Crippen molar-refractivity contribution in [2.24, 2.45) is 41.2 Å². The van der Waals surface area contributed by atoms with Crippen molar-refractivity contribution in [3.63, 3.8) is 0 Å². The SMILES string of the molecule is CCc1cc(C)c(-c2cccc[n+]2C)cc1C.Cc1cc(-c2ccc(C3CCCCC3)cc2C)[n+](C)cc1C.Cc1cc(-c2cccc[n+]2C)c(C)cc1CC(C)C.Cc1cc(C(C)C)c(C)cc1-c1cccc[n+]1C.Cc1cc(C)c(-c2cccc[n+]2C)cc1C. The molecule has 5 aromatic carbocycles. The average Bonchev–Trinajstić information content (AvgIpc) is 0.866. The first kappa shape index (κ1) is 71.3. The first-order valence-electron chi connectivity index (χ1n) is 34.0. The zero-order valence-corrected chi connectivity index (χ0v) is 60.7. The van der Waals surface area contributed by atoms with E-state index < -0.39 is 0 Å². The molecule has 1 saturated carbocycles. The minimum absolute atomic E-state index is 0.585. The van der Waals surface area contributed by atoms with E-state index in [4.69, 9.17) is 0 Å². The highest BCUT2D eigenvalue weighted by molar-refractivity contribution is 5.67. The summed E-state index contributed by atoms with van der Waals surface area (Å²) < 4.78 is 11.0. The van der Waals surface area contributed by atoms with E-state index in [1.807, 2.05) is 0 Å². The van der Waals surface area contributed by atoms with Gasteiger partial charge in [-0.2, -0.15) is 0 Å². The van der Waals surface area contributed by atoms with Gasteiger partial charge in [-0.1, -0.05) is 90.3 Å². The van der Waals surface area contributed by atoms with Crippen LogP contribution in [0, 0.1) is 89.0 Å². The molecule has 92 heavy (non-hydrogen) atoms. The summed E-state index contributed by atoms with van der Waals surface area (Å²) in [5, 5.41) is 0. The van der Waals surface area contributed by atoms with E-state index in [2.05, 4.69) is 352 Å². The fraction of sp³-hybridized carbons (Fsp3) is 0.368. The highest BCUT2D eigenvalue weighted by Gasteiger charge is 2.21. The minimum atomic E-state index is 0.585. The van der Waals surface area contributed by atoms with Crippen molar-refractivity contribution in [2.45, 2.75) is 174 Å². The minimum Gasteiger partial charge on any atom is -0.201 e. The molecule has 5 aromatic heterocycles. The molecule has 5 heteroatoms. The molecule has 480 valence electrons. The van der Waals surface area contributed by atoms with E-state index in [9.17, 15) is 0 Å². The van der Waals surface area contributed by atoms with Crippen LogP contribution in [0.15, 0.2) is 177 Å². The fourth-order valence-electron chi connectivity index (χ4n) is 13.3. The Bertz CT molecular complexity index is 4130. The number of aryl methyl sites for hydroxylation is 18. The lowest BCUT2D eigenvalue weighted by molar-refractivity contribution is -0.660. The van der Waals surface area contributed by atoms with Crippen molar-refractivity contribution in [2.75, 3.05) is 0 Å². The number of hydrogen-bond acceptors (Lipinski definition) is 0. The first-order chi connectivity index (χ1) is 43.8. The molecule has 0 amide bonds. The monoisotopic (exact) mass is 1230 g/mol. The summed E-state index contributed by atoms with van der Waals surface area (Å²) >= 11 is 0. The Morgan fingerprint density at radius 2 is 0.728 bits per heavy atom. The predicted molar refractivity (Wildman–Crippen MR) is 390 cm³/mol. The lowest BCUT2D eigenvalue weighted by Gasteiger charge is -2.22. The Morgan fingerprint density at radius 1 is 0.337 bits per heavy atom. The third-order valence-corrected chi connectivity index (χ3v) is 19.1. The second-order valence-electron chi connectivity index (χ2n) is 27.4. The number of rotatable bonds is 10. The number of pyridine rings is 5. The van der Waals surface area contributed by atoms with Crippen LogP contribution < -0.4 is 22.8 Å². The van der Waals surface area contributed by atoms with Gasteiger partial charge >= 0.3 is 0 Å². The van der Waals surface area contributed by atoms with Gasteiger partial charge in [0.1, 0.15) is 35.2 Å². The smallest absolute Gasteiger partial charge is 0.201 e. The van der Waals surface area contributed by atoms with E-state index in [0.717, 1.165) is 18.8 Å². The predicted octanol–water partition coefficient (Wildman–Crippen LogP) is 19.5. The largest absolute Gasteiger partial charge is 0.212 e. The highest BCUT2D eigenvalue weighted by atomic mass is 14.9. The molecule has 0 radical (unpaired) electrons. The van der Waals surface area contributed by atoms with Crippen molar-refractivity contribution in [1.29, 1.82) is 0 Å². The molecule has 10 aromatic rings. The summed E-state index contributed by atoms with van der Waals surface area (Å²) in [5.74, 6) is 2.08. The Hall–Kier alpha value is -8.15. The maximum absolute atomic E-state index is 2.43. The van der Waals surface area contributed by atoms with Gasteiger partial charge in [-0.15, -0.1) is 0 Å². The van der Waals surface area contributed by atoms with Gasteiger partial charge in [-0.3, -0.25) is 0 Å². The second-order valence-corrected chi connectivity index (χ2v) is 27.4. The zero-order chi connectivity index (χ0) is 67.1. The quantitative estimate of drug-likeness (QED) is 0.122. The van der Waals surface area contributed by atoms with Crippen LogP contribution >= 0.6 is 0 Å². The molecule has 0 bridgehead atoms. The second kappa shape index (κ2) is 32.9. The number of aromatic nitrogens is 5. The Balaban J connectivity index is 0.000000164. The molecule has 5 heterocycles. The standard InChI is InChI=1S/C21H28N.C18H24N.C17H22N.C16H20N.C15H18N/c1-15-13-21(22(4)14-17(15)3)20-11-10-19(12-16(20)2)18-8-6-5-7-9-18;1-13(2)10-16-11-15(4)17(12-14(16)3)18-8-6-7-9-19(18)5;1-12(2)15-10-14(4)16(11-13(15)3)17-8-6-7-9-18(17)5;1-5-14-10-13(3)15(11-12(14)2)16-8-6-7-9-17(16)4;1-11-9-13(3)14(10-12(11)2)15-7-5-6-8-16(15)4/h10-14,18H,5-9H2,1-4H3;6-9,11-13H,10H2,1-5H3;6-12H,1-5H3;6-11H,5H2,1-4H3;5-10H,1-4H3/q5*+1. The first-order valence-corrected chi connectivity index (χ1v) is 34.0. The van der Waals surface area contributed by atoms with E-state index in [1.54, 1.807) is 5.56 Å². The third kappa shape index (κ3) is 18.3. The van der Waals surface area contributed by atoms with Crippen LogP contribution in [0.4, 0.5) is 0 Å². The van der Waals surface area contributed by atoms with Crippen LogP contribution in [0.5, 0.6) is 0 Å². The van der Waals surface area contributed by atoms with Crippen molar-refractivity contribution < 1.29 is 22.8 Å². The summed E-state index contributed by atoms with van der Waals surface area (Å²) in [5.41, 5.74) is 35.5. The van der Waals surface area contributed by atoms with Gasteiger partial charge in [0.05, 0.1) is 0 Å². The molecule has 0 aliphatic heterocycles. The summed E-state index contributed by atoms with van der Waals surface area (Å²) in [6.07, 6.45) is 19.9.